The number of nitrogens with one attached hydrogen (secondary N) is 1. The zero-order chi connectivity index (χ0) is 18.7. The number of esters is 1. The van der Waals surface area contributed by atoms with Crippen LogP contribution in [0.5, 0.6) is 0 Å². The van der Waals surface area contributed by atoms with Crippen LogP contribution >= 0.6 is 22.9 Å². The fraction of sp³-hybridized carbons (Fsp3) is 0.176. The minimum Gasteiger partial charge on any atom is -0.458 e. The van der Waals surface area contributed by atoms with Crippen molar-refractivity contribution in [3.63, 3.8) is 0 Å². The number of halogens is 1. The smallest absolute Gasteiger partial charge is 0.325 e. The number of aryl methyl sites for hydroxylation is 1. The molecule has 0 aliphatic carbocycles. The fourth-order valence-electron chi connectivity index (χ4n) is 2.27. The molecule has 0 atom stereocenters. The Labute approximate surface area is 157 Å². The van der Waals surface area contributed by atoms with Crippen molar-refractivity contribution in [1.82, 2.24) is 14.7 Å². The molecule has 1 aromatic carbocycles. The number of aromatic nitrogens is 2. The summed E-state index contributed by atoms with van der Waals surface area (Å²) in [5, 5.41) is 4.56. The highest BCUT2D eigenvalue weighted by Crippen LogP contribution is 2.14. The van der Waals surface area contributed by atoms with E-state index in [9.17, 15) is 14.4 Å². The number of carbonyl (C=O) groups excluding carboxylic acids is 2. The van der Waals surface area contributed by atoms with E-state index in [-0.39, 0.29) is 24.3 Å². The van der Waals surface area contributed by atoms with Crippen molar-refractivity contribution in [3.8, 4) is 0 Å². The number of thiazole rings is 1. The molecule has 7 nitrogen and oxygen atoms in total. The summed E-state index contributed by atoms with van der Waals surface area (Å²) in [6.45, 7) is 1.35. The molecule has 0 fully saturated rings. The van der Waals surface area contributed by atoms with Crippen molar-refractivity contribution in [2.75, 3.05) is 6.54 Å². The predicted octanol–water partition coefficient (Wildman–Crippen LogP) is 2.19. The van der Waals surface area contributed by atoms with Crippen LogP contribution < -0.4 is 10.9 Å². The van der Waals surface area contributed by atoms with E-state index in [2.05, 4.69) is 10.3 Å². The van der Waals surface area contributed by atoms with Gasteiger partial charge in [-0.15, -0.1) is 11.3 Å². The average Bonchev–Trinajstić information content (AvgIpc) is 2.99. The second-order valence-electron chi connectivity index (χ2n) is 5.40. The van der Waals surface area contributed by atoms with E-state index >= 15 is 0 Å². The zero-order valence-electron chi connectivity index (χ0n) is 13.7. The van der Waals surface area contributed by atoms with E-state index in [1.807, 2.05) is 12.3 Å². The first-order valence-corrected chi connectivity index (χ1v) is 8.86. The standard InChI is InChI=1S/C17H14ClN3O4S/c1-10-9-26-17-20-11(6-14(22)21(10)17)8-25-15(23)7-19-16(24)12-4-2-3-5-13(12)18/h2-6,9H,7-8H2,1H3,(H,19,24). The lowest BCUT2D eigenvalue weighted by atomic mass is 10.2. The summed E-state index contributed by atoms with van der Waals surface area (Å²) < 4.78 is 6.55. The van der Waals surface area contributed by atoms with E-state index in [0.29, 0.717) is 15.7 Å². The van der Waals surface area contributed by atoms with Crippen molar-refractivity contribution in [3.05, 3.63) is 68.0 Å². The predicted molar refractivity (Wildman–Crippen MR) is 97.7 cm³/mol. The SMILES string of the molecule is Cc1csc2nc(COC(=O)CNC(=O)c3ccccc3Cl)cc(=O)n12. The molecule has 1 N–H and O–H groups in total. The van der Waals surface area contributed by atoms with Gasteiger partial charge in [0.2, 0.25) is 0 Å². The van der Waals surface area contributed by atoms with Gasteiger partial charge < -0.3 is 10.1 Å². The van der Waals surface area contributed by atoms with Crippen LogP contribution in [0.25, 0.3) is 4.96 Å². The van der Waals surface area contributed by atoms with Crippen molar-refractivity contribution in [1.29, 1.82) is 0 Å². The van der Waals surface area contributed by atoms with Gasteiger partial charge in [-0.1, -0.05) is 23.7 Å². The maximum absolute atomic E-state index is 12.0. The second-order valence-corrected chi connectivity index (χ2v) is 6.65. The number of hydrogen-bond acceptors (Lipinski definition) is 6. The van der Waals surface area contributed by atoms with Gasteiger partial charge >= 0.3 is 5.97 Å². The van der Waals surface area contributed by atoms with Crippen molar-refractivity contribution < 1.29 is 14.3 Å². The molecule has 2 aromatic heterocycles. The molecular formula is C17H14ClN3O4S. The van der Waals surface area contributed by atoms with Crippen LogP contribution in [-0.4, -0.2) is 27.8 Å². The van der Waals surface area contributed by atoms with Gasteiger partial charge in [-0.25, -0.2) is 4.98 Å². The largest absolute Gasteiger partial charge is 0.458 e. The molecule has 0 radical (unpaired) electrons. The fourth-order valence-corrected chi connectivity index (χ4v) is 3.39. The molecule has 3 aromatic rings. The Hall–Kier alpha value is -2.71. The van der Waals surface area contributed by atoms with Crippen LogP contribution in [0.4, 0.5) is 0 Å². The number of benzene rings is 1. The van der Waals surface area contributed by atoms with Gasteiger partial charge in [0.05, 0.1) is 16.3 Å². The second kappa shape index (κ2) is 7.67. The van der Waals surface area contributed by atoms with Crippen LogP contribution in [0.3, 0.4) is 0 Å². The summed E-state index contributed by atoms with van der Waals surface area (Å²) >= 11 is 7.26. The Morgan fingerprint density at radius 2 is 2.12 bits per heavy atom. The molecule has 0 saturated carbocycles. The van der Waals surface area contributed by atoms with E-state index in [0.717, 1.165) is 5.69 Å². The Morgan fingerprint density at radius 1 is 1.35 bits per heavy atom. The molecule has 9 heteroatoms. The zero-order valence-corrected chi connectivity index (χ0v) is 15.3. The minimum atomic E-state index is -0.644. The quantitative estimate of drug-likeness (QED) is 0.673. The van der Waals surface area contributed by atoms with Crippen LogP contribution in [0.1, 0.15) is 21.7 Å². The summed E-state index contributed by atoms with van der Waals surface area (Å²) in [5.74, 6) is -1.12. The lowest BCUT2D eigenvalue weighted by Crippen LogP contribution is -2.30. The molecule has 0 aliphatic rings. The molecule has 1 amide bonds. The minimum absolute atomic E-state index is 0.149. The Bertz CT molecular complexity index is 1040. The number of nitrogens with zero attached hydrogens (tertiary/aromatic N) is 2. The lowest BCUT2D eigenvalue weighted by molar-refractivity contribution is -0.143. The number of rotatable bonds is 5. The van der Waals surface area contributed by atoms with Gasteiger partial charge in [0.1, 0.15) is 13.2 Å². The molecule has 26 heavy (non-hydrogen) atoms. The van der Waals surface area contributed by atoms with Gasteiger partial charge in [-0.3, -0.25) is 18.8 Å². The van der Waals surface area contributed by atoms with E-state index < -0.39 is 11.9 Å². The lowest BCUT2D eigenvalue weighted by Gasteiger charge is -2.07. The van der Waals surface area contributed by atoms with E-state index in [1.54, 1.807) is 24.3 Å². The Balaban J connectivity index is 1.57. The monoisotopic (exact) mass is 391 g/mol. The highest BCUT2D eigenvalue weighted by molar-refractivity contribution is 7.15. The average molecular weight is 392 g/mol. The molecule has 0 spiro atoms. The molecule has 0 aliphatic heterocycles. The molecule has 0 saturated heterocycles. The highest BCUT2D eigenvalue weighted by Gasteiger charge is 2.13. The van der Waals surface area contributed by atoms with Gasteiger partial charge in [-0.05, 0) is 19.1 Å². The summed E-state index contributed by atoms with van der Waals surface area (Å²) in [4.78, 5) is 40.7. The van der Waals surface area contributed by atoms with E-state index in [1.165, 1.54) is 21.8 Å². The van der Waals surface area contributed by atoms with Crippen molar-refractivity contribution >= 4 is 39.8 Å². The summed E-state index contributed by atoms with van der Waals surface area (Å²) in [6, 6.07) is 7.84. The van der Waals surface area contributed by atoms with E-state index in [4.69, 9.17) is 16.3 Å². The van der Waals surface area contributed by atoms with Crippen LogP contribution in [0.15, 0.2) is 40.5 Å². The van der Waals surface area contributed by atoms with Crippen molar-refractivity contribution in [2.45, 2.75) is 13.5 Å². The third-order valence-corrected chi connectivity index (χ3v) is 4.79. The molecule has 3 rings (SSSR count). The van der Waals surface area contributed by atoms with Crippen LogP contribution in [0, 0.1) is 6.92 Å². The number of carbonyl (C=O) groups is 2. The first kappa shape index (κ1) is 18.1. The molecular weight excluding hydrogens is 378 g/mol. The summed E-state index contributed by atoms with van der Waals surface area (Å²) in [7, 11) is 0. The maximum atomic E-state index is 12.0. The summed E-state index contributed by atoms with van der Waals surface area (Å²) in [6.07, 6.45) is 0. The Kier molecular flexibility index (Phi) is 5.34. The Morgan fingerprint density at radius 3 is 2.88 bits per heavy atom. The number of fused-ring (bicyclic) bond motifs is 1. The van der Waals surface area contributed by atoms with Gasteiger partial charge in [0.15, 0.2) is 4.96 Å². The normalized spacial score (nSPS) is 10.7. The molecule has 0 unspecified atom stereocenters. The number of hydrogen-bond donors (Lipinski definition) is 1. The highest BCUT2D eigenvalue weighted by atomic mass is 35.5. The number of amides is 1. The first-order valence-electron chi connectivity index (χ1n) is 7.61. The maximum Gasteiger partial charge on any atom is 0.325 e. The first-order chi connectivity index (χ1) is 12.5. The third-order valence-electron chi connectivity index (χ3n) is 3.52. The topological polar surface area (TPSA) is 89.8 Å². The van der Waals surface area contributed by atoms with Crippen LogP contribution in [-0.2, 0) is 16.1 Å². The van der Waals surface area contributed by atoms with Gasteiger partial charge in [0.25, 0.3) is 11.5 Å². The molecule has 2 heterocycles. The van der Waals surface area contributed by atoms with Gasteiger partial charge in [-0.2, -0.15) is 0 Å². The van der Waals surface area contributed by atoms with Gasteiger partial charge in [0, 0.05) is 17.1 Å². The molecule has 0 bridgehead atoms. The van der Waals surface area contributed by atoms with Crippen LogP contribution in [0.2, 0.25) is 5.02 Å². The third kappa shape index (κ3) is 3.92. The van der Waals surface area contributed by atoms with Crippen molar-refractivity contribution in [2.24, 2.45) is 0 Å². The summed E-state index contributed by atoms with van der Waals surface area (Å²) in [5.41, 5.74) is 1.19. The number of ether oxygens (including phenoxy) is 1. The molecule has 134 valence electrons.